The van der Waals surface area contributed by atoms with Crippen molar-refractivity contribution >= 4 is 22.8 Å². The summed E-state index contributed by atoms with van der Waals surface area (Å²) in [6.07, 6.45) is 11.3. The summed E-state index contributed by atoms with van der Waals surface area (Å²) < 4.78 is 0. The zero-order chi connectivity index (χ0) is 22.2. The summed E-state index contributed by atoms with van der Waals surface area (Å²) in [4.78, 5) is 0. The van der Waals surface area contributed by atoms with Crippen LogP contribution < -0.4 is 10.6 Å². The Bertz CT molecular complexity index is 1000. The maximum Gasteiger partial charge on any atom is 0.101 e. The lowest BCUT2D eigenvalue weighted by molar-refractivity contribution is 0.755. The molecule has 2 aliphatic carbocycles. The van der Waals surface area contributed by atoms with Gasteiger partial charge in [0.15, 0.2) is 0 Å². The van der Waals surface area contributed by atoms with Gasteiger partial charge < -0.3 is 10.6 Å². The van der Waals surface area contributed by atoms with E-state index in [1.54, 1.807) is 0 Å². The largest absolute Gasteiger partial charge is 0.382 e. The van der Waals surface area contributed by atoms with E-state index in [1.165, 1.54) is 62.6 Å². The predicted octanol–water partition coefficient (Wildman–Crippen LogP) is 6.52. The minimum Gasteiger partial charge on any atom is -0.382 e. The zero-order valence-electron chi connectivity index (χ0n) is 19.0. The molecule has 2 aromatic rings. The number of benzene rings is 2. The second-order valence-corrected chi connectivity index (χ2v) is 9.01. The molecule has 5 nitrogen and oxygen atoms in total. The molecular weight excluding hydrogens is 394 g/mol. The third-order valence-electron chi connectivity index (χ3n) is 6.48. The summed E-state index contributed by atoms with van der Waals surface area (Å²) in [6.45, 7) is 2.03. The summed E-state index contributed by atoms with van der Waals surface area (Å²) in [5.41, 5.74) is 6.36. The van der Waals surface area contributed by atoms with E-state index in [9.17, 15) is 0 Å². The van der Waals surface area contributed by atoms with Crippen molar-refractivity contribution in [1.82, 2.24) is 0 Å². The van der Waals surface area contributed by atoms with Gasteiger partial charge in [-0.2, -0.15) is 15.5 Å². The number of hydrogen-bond acceptors (Lipinski definition) is 5. The Kier molecular flexibility index (Phi) is 7.55. The molecule has 5 heteroatoms. The molecule has 2 fully saturated rings. The molecule has 1 aliphatic heterocycles. The van der Waals surface area contributed by atoms with Crippen LogP contribution >= 0.6 is 0 Å². The van der Waals surface area contributed by atoms with Crippen LogP contribution in [0.5, 0.6) is 0 Å². The van der Waals surface area contributed by atoms with Crippen molar-refractivity contribution in [3.63, 3.8) is 0 Å². The fourth-order valence-corrected chi connectivity index (χ4v) is 4.76. The van der Waals surface area contributed by atoms with Crippen LogP contribution in [0.1, 0.15) is 75.8 Å². The van der Waals surface area contributed by atoms with Gasteiger partial charge in [-0.3, -0.25) is 0 Å². The van der Waals surface area contributed by atoms with E-state index in [0.29, 0.717) is 12.1 Å². The first-order valence-corrected chi connectivity index (χ1v) is 11.9. The number of nitrogens with one attached hydrogen (secondary N) is 2. The lowest BCUT2D eigenvalue weighted by atomic mass is 10.0. The van der Waals surface area contributed by atoms with Gasteiger partial charge in [0.05, 0.1) is 17.0 Å². The summed E-state index contributed by atoms with van der Waals surface area (Å²) in [5, 5.41) is 24.4. The molecule has 1 heterocycles. The monoisotopic (exact) mass is 427 g/mol. The molecule has 0 atom stereocenters. The van der Waals surface area contributed by atoms with Crippen LogP contribution in [0.15, 0.2) is 58.7 Å². The second-order valence-electron chi connectivity index (χ2n) is 9.01. The van der Waals surface area contributed by atoms with Crippen LogP contribution in [-0.2, 0) is 0 Å². The molecule has 0 bridgehead atoms. The van der Waals surface area contributed by atoms with Crippen molar-refractivity contribution in [3.05, 3.63) is 59.7 Å². The number of hydrogen-bond donors (Lipinski definition) is 2. The molecule has 0 aromatic heterocycles. The first kappa shape index (κ1) is 22.1. The summed E-state index contributed by atoms with van der Waals surface area (Å²) in [6, 6.07) is 19.6. The van der Waals surface area contributed by atoms with Crippen molar-refractivity contribution in [3.8, 4) is 6.07 Å². The summed E-state index contributed by atoms with van der Waals surface area (Å²) >= 11 is 0. The third kappa shape index (κ3) is 5.76. The lowest BCUT2D eigenvalue weighted by Gasteiger charge is -2.16. The van der Waals surface area contributed by atoms with E-state index in [2.05, 4.69) is 51.2 Å². The highest BCUT2D eigenvalue weighted by atomic mass is 15.2. The van der Waals surface area contributed by atoms with Gasteiger partial charge in [-0.1, -0.05) is 56.0 Å². The maximum atomic E-state index is 8.90. The topological polar surface area (TPSA) is 72.6 Å². The van der Waals surface area contributed by atoms with E-state index in [1.807, 2.05) is 31.2 Å². The van der Waals surface area contributed by atoms with E-state index in [-0.39, 0.29) is 0 Å². The molecule has 3 aliphatic rings. The van der Waals surface area contributed by atoms with E-state index < -0.39 is 0 Å². The highest BCUT2D eigenvalue weighted by Gasteiger charge is 2.19. The van der Waals surface area contributed by atoms with Crippen molar-refractivity contribution in [1.29, 1.82) is 5.26 Å². The fourth-order valence-electron chi connectivity index (χ4n) is 4.76. The Morgan fingerprint density at radius 1 is 0.781 bits per heavy atom. The van der Waals surface area contributed by atoms with Gasteiger partial charge in [0.1, 0.15) is 6.07 Å². The Balaban J connectivity index is 0.000000158. The summed E-state index contributed by atoms with van der Waals surface area (Å²) in [7, 11) is 0. The molecule has 5 rings (SSSR count). The highest BCUT2D eigenvalue weighted by Crippen LogP contribution is 2.26. The Morgan fingerprint density at radius 3 is 1.94 bits per heavy atom. The molecule has 0 spiro atoms. The Morgan fingerprint density at radius 2 is 1.34 bits per heavy atom. The number of nitrogens with zero attached hydrogens (tertiary/aromatic N) is 3. The van der Waals surface area contributed by atoms with Gasteiger partial charge >= 0.3 is 0 Å². The highest BCUT2D eigenvalue weighted by molar-refractivity contribution is 6.16. The van der Waals surface area contributed by atoms with Crippen LogP contribution in [-0.4, -0.2) is 23.5 Å². The van der Waals surface area contributed by atoms with Crippen LogP contribution in [0, 0.1) is 11.3 Å². The van der Waals surface area contributed by atoms with Gasteiger partial charge in [-0.25, -0.2) is 0 Å². The van der Waals surface area contributed by atoms with Crippen molar-refractivity contribution in [2.24, 2.45) is 10.2 Å². The van der Waals surface area contributed by atoms with Crippen LogP contribution in [0.2, 0.25) is 0 Å². The average molecular weight is 428 g/mol. The van der Waals surface area contributed by atoms with Crippen LogP contribution in [0.3, 0.4) is 0 Å². The molecule has 0 amide bonds. The van der Waals surface area contributed by atoms with E-state index in [4.69, 9.17) is 5.26 Å². The number of rotatable bonds is 5. The minimum atomic E-state index is 0.574. The van der Waals surface area contributed by atoms with E-state index in [0.717, 1.165) is 29.1 Å². The molecular formula is C27H33N5. The maximum absolute atomic E-state index is 8.90. The van der Waals surface area contributed by atoms with Gasteiger partial charge in [0.25, 0.3) is 0 Å². The minimum absolute atomic E-state index is 0.574. The van der Waals surface area contributed by atoms with E-state index >= 15 is 0 Å². The van der Waals surface area contributed by atoms with Gasteiger partial charge in [-0.15, -0.1) is 0 Å². The fraction of sp³-hybridized carbons (Fsp3) is 0.444. The SMILES string of the molecule is CC1=NN=C(c2ccccc2NC2CCCC2)C1.N#Cc1ccccc1NC1CCCC1. The van der Waals surface area contributed by atoms with Crippen molar-refractivity contribution in [2.75, 3.05) is 10.6 Å². The van der Waals surface area contributed by atoms with Crippen molar-refractivity contribution < 1.29 is 0 Å². The normalized spacial score (nSPS) is 18.4. The molecule has 0 unspecified atom stereocenters. The average Bonchev–Trinajstić information content (AvgIpc) is 3.59. The second kappa shape index (κ2) is 10.9. The zero-order valence-corrected chi connectivity index (χ0v) is 19.0. The Labute approximate surface area is 191 Å². The third-order valence-corrected chi connectivity index (χ3v) is 6.48. The van der Waals surface area contributed by atoms with Gasteiger partial charge in [0, 0.05) is 35.5 Å². The molecule has 32 heavy (non-hydrogen) atoms. The molecule has 0 saturated heterocycles. The van der Waals surface area contributed by atoms with Crippen LogP contribution in [0.25, 0.3) is 0 Å². The molecule has 166 valence electrons. The Hall–Kier alpha value is -3.13. The van der Waals surface area contributed by atoms with Gasteiger partial charge in [0.2, 0.25) is 0 Å². The first-order chi connectivity index (χ1) is 15.7. The summed E-state index contributed by atoms with van der Waals surface area (Å²) in [5.74, 6) is 0. The number of para-hydroxylation sites is 2. The molecule has 2 aromatic carbocycles. The van der Waals surface area contributed by atoms with Crippen LogP contribution in [0.4, 0.5) is 11.4 Å². The standard InChI is InChI=1S/C15H19N3.C12H14N2/c1-11-10-15(18-17-11)13-8-4-5-9-14(13)16-12-6-2-3-7-12;13-9-10-5-1-4-8-12(10)14-11-6-2-3-7-11/h4-5,8-9,12,16H,2-3,6-7,10H2,1H3;1,4-5,8,11,14H,2-3,6-7H2. The van der Waals surface area contributed by atoms with Crippen molar-refractivity contribution in [2.45, 2.75) is 76.8 Å². The molecule has 0 radical (unpaired) electrons. The number of anilines is 2. The molecule has 2 N–H and O–H groups in total. The number of nitriles is 1. The first-order valence-electron chi connectivity index (χ1n) is 11.9. The molecule has 2 saturated carbocycles. The smallest absolute Gasteiger partial charge is 0.101 e. The van der Waals surface area contributed by atoms with Gasteiger partial charge in [-0.05, 0) is 50.8 Å². The quantitative estimate of drug-likeness (QED) is 0.570. The lowest BCUT2D eigenvalue weighted by Crippen LogP contribution is -2.17. The predicted molar refractivity (Wildman–Crippen MR) is 134 cm³/mol.